The van der Waals surface area contributed by atoms with Gasteiger partial charge in [-0.05, 0) is 46.3 Å². The second-order valence-electron chi connectivity index (χ2n) is 4.64. The highest BCUT2D eigenvalue weighted by molar-refractivity contribution is 5.78. The van der Waals surface area contributed by atoms with E-state index in [0.717, 1.165) is 45.3 Å². The summed E-state index contributed by atoms with van der Waals surface area (Å²) in [5.74, 6) is 0.930. The molecule has 0 aromatic heterocycles. The van der Waals surface area contributed by atoms with Gasteiger partial charge in [0.2, 0.25) is 5.91 Å². The molecular weight excluding hydrogens is 228 g/mol. The van der Waals surface area contributed by atoms with E-state index in [-0.39, 0.29) is 5.91 Å². The van der Waals surface area contributed by atoms with Crippen molar-refractivity contribution in [2.45, 2.75) is 32.6 Å². The Labute approximate surface area is 110 Å². The van der Waals surface area contributed by atoms with E-state index in [1.807, 2.05) is 0 Å². The summed E-state index contributed by atoms with van der Waals surface area (Å²) >= 11 is 0. The van der Waals surface area contributed by atoms with E-state index in [9.17, 15) is 9.59 Å². The standard InChI is InChI=1S/C8H15NO.C4H7NO.C2H4/c1-7(10)8-3-5-9(2)6-4-8;6-4-2-1-3-5-4;1-2/h8H,3-6H2,1-2H3;1-3H2,(H,5,6);1-2H2. The number of hydrogen-bond acceptors (Lipinski definition) is 3. The zero-order valence-electron chi connectivity index (χ0n) is 11.7. The lowest BCUT2D eigenvalue weighted by atomic mass is 9.94. The predicted molar refractivity (Wildman–Crippen MR) is 74.4 cm³/mol. The molecule has 4 heteroatoms. The Morgan fingerprint density at radius 3 is 2.17 bits per heavy atom. The van der Waals surface area contributed by atoms with E-state index in [1.165, 1.54) is 0 Å². The second kappa shape index (κ2) is 9.83. The first-order valence-corrected chi connectivity index (χ1v) is 6.55. The van der Waals surface area contributed by atoms with Crippen molar-refractivity contribution < 1.29 is 9.59 Å². The molecule has 2 rings (SSSR count). The van der Waals surface area contributed by atoms with Crippen molar-refractivity contribution in [2.24, 2.45) is 5.92 Å². The van der Waals surface area contributed by atoms with Crippen LogP contribution in [-0.2, 0) is 9.59 Å². The van der Waals surface area contributed by atoms with Crippen LogP contribution in [0.1, 0.15) is 32.6 Å². The van der Waals surface area contributed by atoms with Crippen LogP contribution in [-0.4, -0.2) is 43.3 Å². The molecule has 2 saturated heterocycles. The zero-order valence-corrected chi connectivity index (χ0v) is 11.7. The monoisotopic (exact) mass is 254 g/mol. The molecule has 2 aliphatic rings. The highest BCUT2D eigenvalue weighted by atomic mass is 16.1. The Bertz CT molecular complexity index is 251. The molecule has 1 N–H and O–H groups in total. The fourth-order valence-electron chi connectivity index (χ4n) is 1.98. The zero-order chi connectivity index (χ0) is 14.0. The molecule has 2 fully saturated rings. The van der Waals surface area contributed by atoms with Crippen molar-refractivity contribution in [3.05, 3.63) is 13.2 Å². The first kappa shape index (κ1) is 16.8. The molecule has 0 aromatic carbocycles. The number of rotatable bonds is 1. The van der Waals surface area contributed by atoms with Gasteiger partial charge < -0.3 is 10.2 Å². The molecule has 0 spiro atoms. The maximum atomic E-state index is 10.9. The fourth-order valence-corrected chi connectivity index (χ4v) is 1.98. The molecule has 0 unspecified atom stereocenters. The minimum atomic E-state index is 0.204. The Balaban J connectivity index is 0.000000308. The van der Waals surface area contributed by atoms with Crippen LogP contribution in [0.5, 0.6) is 0 Å². The lowest BCUT2D eigenvalue weighted by Crippen LogP contribution is -2.32. The Morgan fingerprint density at radius 2 is 1.89 bits per heavy atom. The van der Waals surface area contributed by atoms with Crippen molar-refractivity contribution in [2.75, 3.05) is 26.7 Å². The third kappa shape index (κ3) is 7.22. The molecular formula is C14H26N2O2. The van der Waals surface area contributed by atoms with Gasteiger partial charge in [0.25, 0.3) is 0 Å². The summed E-state index contributed by atoms with van der Waals surface area (Å²) in [4.78, 5) is 23.3. The lowest BCUT2D eigenvalue weighted by Gasteiger charge is -2.26. The highest BCUT2D eigenvalue weighted by Gasteiger charge is 2.19. The summed E-state index contributed by atoms with van der Waals surface area (Å²) < 4.78 is 0. The van der Waals surface area contributed by atoms with E-state index < -0.39 is 0 Å². The molecule has 2 aliphatic heterocycles. The summed E-state index contributed by atoms with van der Waals surface area (Å²) in [5.41, 5.74) is 0. The molecule has 0 atom stereocenters. The van der Waals surface area contributed by atoms with Crippen molar-refractivity contribution in [1.82, 2.24) is 10.2 Å². The van der Waals surface area contributed by atoms with Crippen molar-refractivity contribution in [3.63, 3.8) is 0 Å². The van der Waals surface area contributed by atoms with Crippen LogP contribution in [0.4, 0.5) is 0 Å². The van der Waals surface area contributed by atoms with Gasteiger partial charge in [0.15, 0.2) is 0 Å². The van der Waals surface area contributed by atoms with E-state index >= 15 is 0 Å². The van der Waals surface area contributed by atoms with Gasteiger partial charge in [0.05, 0.1) is 0 Å². The number of amides is 1. The summed E-state index contributed by atoms with van der Waals surface area (Å²) in [6.45, 7) is 10.8. The highest BCUT2D eigenvalue weighted by Crippen LogP contribution is 2.15. The van der Waals surface area contributed by atoms with Crippen molar-refractivity contribution in [1.29, 1.82) is 0 Å². The third-order valence-corrected chi connectivity index (χ3v) is 3.20. The van der Waals surface area contributed by atoms with E-state index in [0.29, 0.717) is 11.7 Å². The normalized spacial score (nSPS) is 20.0. The number of nitrogens with zero attached hydrogens (tertiary/aromatic N) is 1. The van der Waals surface area contributed by atoms with Crippen LogP contribution in [0.25, 0.3) is 0 Å². The summed E-state index contributed by atoms with van der Waals surface area (Å²) in [5, 5.41) is 2.68. The molecule has 0 aromatic rings. The van der Waals surface area contributed by atoms with Crippen LogP contribution in [0, 0.1) is 5.92 Å². The van der Waals surface area contributed by atoms with E-state index in [2.05, 4.69) is 30.4 Å². The van der Waals surface area contributed by atoms with Crippen molar-refractivity contribution >= 4 is 11.7 Å². The number of ketones is 1. The largest absolute Gasteiger partial charge is 0.356 e. The average Bonchev–Trinajstić information content (AvgIpc) is 2.84. The molecule has 1 amide bonds. The molecule has 18 heavy (non-hydrogen) atoms. The molecule has 0 bridgehead atoms. The number of likely N-dealkylation sites (tertiary alicyclic amines) is 1. The van der Waals surface area contributed by atoms with E-state index in [4.69, 9.17) is 0 Å². The van der Waals surface area contributed by atoms with Gasteiger partial charge in [-0.3, -0.25) is 9.59 Å². The summed E-state index contributed by atoms with van der Waals surface area (Å²) in [6.07, 6.45) is 3.89. The minimum Gasteiger partial charge on any atom is -0.356 e. The Kier molecular flexibility index (Phi) is 9.19. The molecule has 0 aliphatic carbocycles. The maximum absolute atomic E-state index is 10.9. The van der Waals surface area contributed by atoms with Crippen molar-refractivity contribution in [3.8, 4) is 0 Å². The van der Waals surface area contributed by atoms with Crippen LogP contribution in [0.3, 0.4) is 0 Å². The van der Waals surface area contributed by atoms with E-state index in [1.54, 1.807) is 6.92 Å². The molecule has 4 nitrogen and oxygen atoms in total. The summed E-state index contributed by atoms with van der Waals surface area (Å²) in [6, 6.07) is 0. The number of nitrogens with one attached hydrogen (secondary N) is 1. The van der Waals surface area contributed by atoms with Crippen LogP contribution < -0.4 is 5.32 Å². The third-order valence-electron chi connectivity index (χ3n) is 3.20. The Hall–Kier alpha value is -1.16. The average molecular weight is 254 g/mol. The van der Waals surface area contributed by atoms with Crippen LogP contribution in [0.15, 0.2) is 13.2 Å². The van der Waals surface area contributed by atoms with Gasteiger partial charge in [0.1, 0.15) is 5.78 Å². The molecule has 104 valence electrons. The van der Waals surface area contributed by atoms with Gasteiger partial charge in [-0.2, -0.15) is 0 Å². The van der Waals surface area contributed by atoms with Gasteiger partial charge in [-0.1, -0.05) is 0 Å². The first-order valence-electron chi connectivity index (χ1n) is 6.55. The molecule has 2 heterocycles. The SMILES string of the molecule is C=C.CC(=O)C1CCN(C)CC1.O=C1CCCN1. The van der Waals surface area contributed by atoms with Gasteiger partial charge in [0, 0.05) is 18.9 Å². The van der Waals surface area contributed by atoms with Gasteiger partial charge in [-0.25, -0.2) is 0 Å². The van der Waals surface area contributed by atoms with Gasteiger partial charge >= 0.3 is 0 Å². The first-order chi connectivity index (χ1) is 8.59. The number of carbonyl (C=O) groups excluding carboxylic acids is 2. The number of piperidine rings is 1. The smallest absolute Gasteiger partial charge is 0.220 e. The number of Topliss-reactive ketones (excluding diaryl/α,β-unsaturated/α-hetero) is 1. The quantitative estimate of drug-likeness (QED) is 0.723. The minimum absolute atomic E-state index is 0.204. The fraction of sp³-hybridized carbons (Fsp3) is 0.714. The molecule has 0 radical (unpaired) electrons. The lowest BCUT2D eigenvalue weighted by molar-refractivity contribution is -0.122. The topological polar surface area (TPSA) is 49.4 Å². The predicted octanol–water partition coefficient (Wildman–Crippen LogP) is 1.62. The second-order valence-corrected chi connectivity index (χ2v) is 4.64. The maximum Gasteiger partial charge on any atom is 0.220 e. The number of hydrogen-bond donors (Lipinski definition) is 1. The van der Waals surface area contributed by atoms with Gasteiger partial charge in [-0.15, -0.1) is 13.2 Å². The summed E-state index contributed by atoms with van der Waals surface area (Å²) in [7, 11) is 2.11. The number of carbonyl (C=O) groups is 2. The van der Waals surface area contributed by atoms with Crippen LogP contribution in [0.2, 0.25) is 0 Å². The van der Waals surface area contributed by atoms with Crippen LogP contribution >= 0.6 is 0 Å². The Morgan fingerprint density at radius 1 is 1.33 bits per heavy atom. The molecule has 0 saturated carbocycles.